The Morgan fingerprint density at radius 1 is 0.521 bits per heavy atom. The van der Waals surface area contributed by atoms with Gasteiger partial charge < -0.3 is 9.64 Å². The number of ether oxygens (including phenoxy) is 1. The predicted molar refractivity (Wildman–Crippen MR) is 225 cm³/mol. The monoisotopic (exact) mass is 709 g/mol. The number of thioether (sulfide) groups is 2. The van der Waals surface area contributed by atoms with Crippen molar-refractivity contribution in [2.45, 2.75) is 186 Å². The Kier molecular flexibility index (Phi) is 42.8. The second-order valence-corrected chi connectivity index (χ2v) is 16.4. The number of nitrogens with zero attached hydrogens (tertiary/aromatic N) is 1. The van der Waals surface area contributed by atoms with Crippen molar-refractivity contribution >= 4 is 23.5 Å². The van der Waals surface area contributed by atoms with Crippen molar-refractivity contribution in [1.29, 1.82) is 0 Å². The van der Waals surface area contributed by atoms with Crippen LogP contribution in [0, 0.1) is 0 Å². The smallest absolute Gasteiger partial charge is 0.156 e. The molecule has 1 unspecified atom stereocenters. The van der Waals surface area contributed by atoms with E-state index in [0.717, 1.165) is 37.6 Å². The number of allylic oxidation sites excluding steroid dienone is 6. The maximum Gasteiger partial charge on any atom is 0.156 e. The highest BCUT2D eigenvalue weighted by molar-refractivity contribution is 7.99. The lowest BCUT2D eigenvalue weighted by molar-refractivity contribution is 0.104. The van der Waals surface area contributed by atoms with Crippen LogP contribution >= 0.6 is 23.5 Å². The molecule has 0 saturated carbocycles. The van der Waals surface area contributed by atoms with E-state index in [0.29, 0.717) is 0 Å². The molecule has 0 aromatic rings. The first kappa shape index (κ1) is 47.8. The van der Waals surface area contributed by atoms with Gasteiger partial charge in [-0.2, -0.15) is 11.8 Å². The van der Waals surface area contributed by atoms with Crippen LogP contribution in [0.3, 0.4) is 0 Å². The van der Waals surface area contributed by atoms with Crippen LogP contribution in [0.4, 0.5) is 0 Å². The lowest BCUT2D eigenvalue weighted by atomic mass is 10.1. The largest absolute Gasteiger partial charge is 0.353 e. The molecule has 0 aliphatic carbocycles. The summed E-state index contributed by atoms with van der Waals surface area (Å²) in [6.07, 6.45) is 49.2. The fourth-order valence-electron chi connectivity index (χ4n) is 5.61. The first-order valence-electron chi connectivity index (χ1n) is 20.8. The standard InChI is InChI=1S/C43H84N2OS2/c1-5-7-9-11-13-15-17-19-21-23-25-27-29-31-33-35-37-44-43(48-41-38-45(3)4)46-39-42-47-40-36-34-32-30-28-26-24-22-20-18-16-14-12-10-8-6-2/h13,15,19-22,43-44H,5-12,14,16-18,23-42H2,1-4H3/b15-13-,21-19-,22-20-. The molecular weight excluding hydrogens is 625 g/mol. The van der Waals surface area contributed by atoms with Crippen molar-refractivity contribution in [3.8, 4) is 0 Å². The molecule has 0 aromatic carbocycles. The fraction of sp³-hybridized carbons (Fsp3) is 0.860. The van der Waals surface area contributed by atoms with E-state index in [1.165, 1.54) is 166 Å². The third-order valence-corrected chi connectivity index (χ3v) is 10.8. The van der Waals surface area contributed by atoms with Crippen molar-refractivity contribution in [3.63, 3.8) is 0 Å². The van der Waals surface area contributed by atoms with E-state index < -0.39 is 0 Å². The summed E-state index contributed by atoms with van der Waals surface area (Å²) in [6.45, 7) is 7.58. The van der Waals surface area contributed by atoms with E-state index in [1.807, 2.05) is 11.8 Å². The normalized spacial score (nSPS) is 12.9. The van der Waals surface area contributed by atoms with Crippen LogP contribution in [-0.2, 0) is 4.74 Å². The molecule has 0 bridgehead atoms. The summed E-state index contributed by atoms with van der Waals surface area (Å²) in [7, 11) is 4.31. The average Bonchev–Trinajstić information content (AvgIpc) is 3.08. The van der Waals surface area contributed by atoms with E-state index in [4.69, 9.17) is 4.74 Å². The topological polar surface area (TPSA) is 24.5 Å². The Balaban J connectivity index is 3.67. The van der Waals surface area contributed by atoms with Gasteiger partial charge in [-0.05, 0) is 97.0 Å². The average molecular weight is 709 g/mol. The van der Waals surface area contributed by atoms with E-state index in [9.17, 15) is 0 Å². The molecule has 3 nitrogen and oxygen atoms in total. The van der Waals surface area contributed by atoms with Crippen molar-refractivity contribution < 1.29 is 4.74 Å². The van der Waals surface area contributed by atoms with Gasteiger partial charge in [0.1, 0.15) is 0 Å². The second-order valence-electron chi connectivity index (χ2n) is 14.0. The number of hydrogen-bond donors (Lipinski definition) is 1. The zero-order valence-electron chi connectivity index (χ0n) is 32.8. The van der Waals surface area contributed by atoms with Crippen LogP contribution in [0.2, 0.25) is 0 Å². The summed E-state index contributed by atoms with van der Waals surface area (Å²) < 4.78 is 6.28. The summed E-state index contributed by atoms with van der Waals surface area (Å²) in [5.74, 6) is 3.50. The molecule has 5 heteroatoms. The molecular formula is C43H84N2OS2. The zero-order valence-corrected chi connectivity index (χ0v) is 34.5. The van der Waals surface area contributed by atoms with Crippen LogP contribution in [-0.4, -0.2) is 61.5 Å². The van der Waals surface area contributed by atoms with Crippen LogP contribution in [0.15, 0.2) is 36.5 Å². The van der Waals surface area contributed by atoms with E-state index in [-0.39, 0.29) is 5.56 Å². The third kappa shape index (κ3) is 42.0. The van der Waals surface area contributed by atoms with Crippen LogP contribution < -0.4 is 5.32 Å². The highest BCUT2D eigenvalue weighted by Gasteiger charge is 2.09. The molecule has 1 N–H and O–H groups in total. The van der Waals surface area contributed by atoms with Crippen molar-refractivity contribution in [2.75, 3.05) is 51.1 Å². The summed E-state index contributed by atoms with van der Waals surface area (Å²) in [5.41, 5.74) is 0.133. The molecule has 48 heavy (non-hydrogen) atoms. The molecule has 0 aliphatic rings. The first-order valence-corrected chi connectivity index (χ1v) is 23.0. The molecule has 0 spiro atoms. The number of rotatable bonds is 40. The van der Waals surface area contributed by atoms with Gasteiger partial charge in [0.05, 0.1) is 6.61 Å². The van der Waals surface area contributed by atoms with Gasteiger partial charge in [0.15, 0.2) is 5.56 Å². The fourth-order valence-corrected chi connectivity index (χ4v) is 7.55. The van der Waals surface area contributed by atoms with E-state index >= 15 is 0 Å². The van der Waals surface area contributed by atoms with E-state index in [2.05, 4.69) is 86.4 Å². The third-order valence-electron chi connectivity index (χ3n) is 8.79. The molecule has 0 amide bonds. The van der Waals surface area contributed by atoms with Crippen LogP contribution in [0.25, 0.3) is 0 Å². The first-order chi connectivity index (χ1) is 23.7. The maximum absolute atomic E-state index is 6.28. The Bertz CT molecular complexity index is 682. The Hall–Kier alpha value is -0.200. The molecule has 0 radical (unpaired) electrons. The summed E-state index contributed by atoms with van der Waals surface area (Å²) in [6, 6.07) is 0. The summed E-state index contributed by atoms with van der Waals surface area (Å²) in [4.78, 5) is 2.26. The van der Waals surface area contributed by atoms with E-state index in [1.54, 1.807) is 0 Å². The SMILES string of the molecule is CCCCC/C=C\C/C=C\CCCCCCCCNC(OCCSCCCCCCCC/C=C\CCCCCCCC)SCCN(C)C. The zero-order chi connectivity index (χ0) is 34.9. The van der Waals surface area contributed by atoms with Gasteiger partial charge in [0, 0.05) is 18.1 Å². The van der Waals surface area contributed by atoms with Crippen molar-refractivity contribution in [2.24, 2.45) is 0 Å². The minimum Gasteiger partial charge on any atom is -0.353 e. The molecule has 0 fully saturated rings. The van der Waals surface area contributed by atoms with Gasteiger partial charge in [-0.25, -0.2) is 0 Å². The molecule has 0 aliphatic heterocycles. The number of nitrogens with one attached hydrogen (secondary N) is 1. The Labute approximate surface area is 311 Å². The molecule has 0 aromatic heterocycles. The predicted octanol–water partition coefficient (Wildman–Crippen LogP) is 13.8. The Morgan fingerprint density at radius 2 is 0.979 bits per heavy atom. The van der Waals surface area contributed by atoms with Gasteiger partial charge >= 0.3 is 0 Å². The quantitative estimate of drug-likeness (QED) is 0.0388. The second kappa shape index (κ2) is 43.0. The Morgan fingerprint density at radius 3 is 1.54 bits per heavy atom. The van der Waals surface area contributed by atoms with Gasteiger partial charge in [-0.3, -0.25) is 5.32 Å². The number of hydrogen-bond acceptors (Lipinski definition) is 5. The summed E-state index contributed by atoms with van der Waals surface area (Å²) >= 11 is 4.00. The van der Waals surface area contributed by atoms with Gasteiger partial charge in [0.2, 0.25) is 0 Å². The molecule has 1 atom stereocenters. The van der Waals surface area contributed by atoms with Gasteiger partial charge in [-0.1, -0.05) is 147 Å². The van der Waals surface area contributed by atoms with Crippen LogP contribution in [0.1, 0.15) is 181 Å². The molecule has 0 heterocycles. The highest BCUT2D eigenvalue weighted by Crippen LogP contribution is 2.15. The lowest BCUT2D eigenvalue weighted by Crippen LogP contribution is -2.31. The van der Waals surface area contributed by atoms with Crippen LogP contribution in [0.5, 0.6) is 0 Å². The minimum atomic E-state index is 0.133. The minimum absolute atomic E-state index is 0.133. The summed E-state index contributed by atoms with van der Waals surface area (Å²) in [5, 5.41) is 3.70. The molecule has 284 valence electrons. The molecule has 0 saturated heterocycles. The maximum atomic E-state index is 6.28. The highest BCUT2D eigenvalue weighted by atomic mass is 32.2. The van der Waals surface area contributed by atoms with Gasteiger partial charge in [-0.15, -0.1) is 11.8 Å². The van der Waals surface area contributed by atoms with Crippen molar-refractivity contribution in [3.05, 3.63) is 36.5 Å². The lowest BCUT2D eigenvalue weighted by Gasteiger charge is -2.20. The molecule has 0 rings (SSSR count). The number of unbranched alkanes of at least 4 members (excludes halogenated alkanes) is 21. The van der Waals surface area contributed by atoms with Gasteiger partial charge in [0.25, 0.3) is 0 Å². The van der Waals surface area contributed by atoms with Crippen molar-refractivity contribution in [1.82, 2.24) is 10.2 Å².